The van der Waals surface area contributed by atoms with Gasteiger partial charge in [-0.05, 0) is 113 Å². The van der Waals surface area contributed by atoms with Gasteiger partial charge in [0, 0.05) is 5.92 Å². The first-order valence-corrected chi connectivity index (χ1v) is 15.0. The van der Waals surface area contributed by atoms with Crippen molar-refractivity contribution in [1.82, 2.24) is 0 Å². The van der Waals surface area contributed by atoms with Crippen molar-refractivity contribution in [3.63, 3.8) is 0 Å². The first-order valence-electron chi connectivity index (χ1n) is 15.0. The molecule has 0 heteroatoms. The van der Waals surface area contributed by atoms with Crippen LogP contribution in [-0.4, -0.2) is 0 Å². The molecular formula is C41H46. The molecule has 0 saturated heterocycles. The number of hydrogen-bond donors (Lipinski definition) is 0. The van der Waals surface area contributed by atoms with Gasteiger partial charge in [-0.3, -0.25) is 0 Å². The Morgan fingerprint density at radius 3 is 2.22 bits per heavy atom. The molecule has 4 rings (SSSR count). The zero-order chi connectivity index (χ0) is 29.6. The Morgan fingerprint density at radius 2 is 1.59 bits per heavy atom. The molecule has 0 aliphatic heterocycles. The summed E-state index contributed by atoms with van der Waals surface area (Å²) >= 11 is 0. The average molecular weight is 539 g/mol. The smallest absolute Gasteiger partial charge is 0.0133 e. The van der Waals surface area contributed by atoms with Crippen LogP contribution in [0.15, 0.2) is 138 Å². The number of fused-ring (bicyclic) bond motifs is 4. The van der Waals surface area contributed by atoms with E-state index in [0.29, 0.717) is 0 Å². The van der Waals surface area contributed by atoms with Crippen LogP contribution in [0.1, 0.15) is 77.1 Å². The quantitative estimate of drug-likeness (QED) is 0.308. The van der Waals surface area contributed by atoms with Crippen LogP contribution in [0.5, 0.6) is 0 Å². The van der Waals surface area contributed by atoms with Crippen molar-refractivity contribution < 1.29 is 0 Å². The second kappa shape index (κ2) is 13.2. The van der Waals surface area contributed by atoms with Crippen molar-refractivity contribution in [1.29, 1.82) is 0 Å². The van der Waals surface area contributed by atoms with Crippen LogP contribution in [-0.2, 0) is 6.42 Å². The molecule has 0 heterocycles. The van der Waals surface area contributed by atoms with Crippen LogP contribution in [0.4, 0.5) is 0 Å². The van der Waals surface area contributed by atoms with Crippen molar-refractivity contribution in [2.45, 2.75) is 61.3 Å². The number of benzene rings is 2. The van der Waals surface area contributed by atoms with Gasteiger partial charge < -0.3 is 0 Å². The minimum atomic E-state index is 0.0314. The Labute approximate surface area is 249 Å². The summed E-state index contributed by atoms with van der Waals surface area (Å²) in [5.41, 5.74) is 14.3. The Kier molecular flexibility index (Phi) is 9.66. The summed E-state index contributed by atoms with van der Waals surface area (Å²) in [5, 5.41) is 0. The maximum atomic E-state index is 4.68. The van der Waals surface area contributed by atoms with Gasteiger partial charge in [0.25, 0.3) is 0 Å². The molecule has 2 aromatic rings. The molecule has 2 aromatic carbocycles. The number of allylic oxidation sites excluding steroid dienone is 17. The fourth-order valence-corrected chi connectivity index (χ4v) is 5.98. The highest BCUT2D eigenvalue weighted by atomic mass is 14.3. The highest BCUT2D eigenvalue weighted by Gasteiger charge is 2.30. The van der Waals surface area contributed by atoms with Gasteiger partial charge in [0.2, 0.25) is 0 Å². The predicted molar refractivity (Wildman–Crippen MR) is 182 cm³/mol. The van der Waals surface area contributed by atoms with Crippen molar-refractivity contribution in [2.24, 2.45) is 11.3 Å². The van der Waals surface area contributed by atoms with E-state index in [1.54, 1.807) is 0 Å². The highest BCUT2D eigenvalue weighted by molar-refractivity contribution is 5.99. The molecule has 0 saturated carbocycles. The SMILES string of the molecule is C=C(/C=C(\C=C/C)C(C)(C)C)C1=CC(c2ccc(C(/C=C\C)=C/C)cc2)=C2CC1/C(C=CC)=C/Cc1ccccc12. The number of hydrogen-bond acceptors (Lipinski definition) is 0. The van der Waals surface area contributed by atoms with Gasteiger partial charge in [-0.1, -0.05) is 131 Å². The minimum absolute atomic E-state index is 0.0314. The molecule has 2 aliphatic rings. The van der Waals surface area contributed by atoms with Gasteiger partial charge in [0.05, 0.1) is 0 Å². The Bertz CT molecular complexity index is 1530. The molecule has 0 nitrogen and oxygen atoms in total. The van der Waals surface area contributed by atoms with Crippen LogP contribution in [0.2, 0.25) is 0 Å². The zero-order valence-electron chi connectivity index (χ0n) is 26.1. The zero-order valence-corrected chi connectivity index (χ0v) is 26.1. The normalized spacial score (nSPS) is 19.7. The maximum Gasteiger partial charge on any atom is 0.0133 e. The first kappa shape index (κ1) is 30.1. The fourth-order valence-electron chi connectivity index (χ4n) is 5.98. The topological polar surface area (TPSA) is 0 Å². The molecule has 1 atom stereocenters. The van der Waals surface area contributed by atoms with Crippen LogP contribution in [0.25, 0.3) is 16.7 Å². The summed E-state index contributed by atoms with van der Waals surface area (Å²) in [4.78, 5) is 0. The summed E-state index contributed by atoms with van der Waals surface area (Å²) in [6.07, 6.45) is 24.4. The Morgan fingerprint density at radius 1 is 0.878 bits per heavy atom. The Balaban J connectivity index is 1.97. The van der Waals surface area contributed by atoms with E-state index in [1.807, 2.05) is 0 Å². The van der Waals surface area contributed by atoms with Crippen LogP contribution in [0.3, 0.4) is 0 Å². The van der Waals surface area contributed by atoms with E-state index in [1.165, 1.54) is 55.7 Å². The lowest BCUT2D eigenvalue weighted by Gasteiger charge is -2.33. The van der Waals surface area contributed by atoms with E-state index >= 15 is 0 Å². The molecule has 0 spiro atoms. The maximum absolute atomic E-state index is 4.68. The third kappa shape index (κ3) is 6.71. The summed E-state index contributed by atoms with van der Waals surface area (Å²) < 4.78 is 0. The third-order valence-electron chi connectivity index (χ3n) is 8.17. The van der Waals surface area contributed by atoms with Gasteiger partial charge in [0.15, 0.2) is 0 Å². The molecule has 0 N–H and O–H groups in total. The molecular weight excluding hydrogens is 492 g/mol. The largest absolute Gasteiger partial charge is 0.0915 e. The third-order valence-corrected chi connectivity index (χ3v) is 8.17. The molecule has 0 amide bonds. The molecule has 41 heavy (non-hydrogen) atoms. The van der Waals surface area contributed by atoms with E-state index in [-0.39, 0.29) is 11.3 Å². The van der Waals surface area contributed by atoms with E-state index in [2.05, 4.69) is 164 Å². The molecule has 0 radical (unpaired) electrons. The summed E-state index contributed by atoms with van der Waals surface area (Å²) in [7, 11) is 0. The molecule has 0 fully saturated rings. The molecule has 1 unspecified atom stereocenters. The molecule has 0 aromatic heterocycles. The van der Waals surface area contributed by atoms with Gasteiger partial charge in [-0.25, -0.2) is 0 Å². The van der Waals surface area contributed by atoms with Gasteiger partial charge in [-0.15, -0.1) is 0 Å². The summed E-state index contributed by atoms with van der Waals surface area (Å²) in [5.74, 6) is 0.262. The lowest BCUT2D eigenvalue weighted by atomic mass is 9.71. The van der Waals surface area contributed by atoms with Crippen molar-refractivity contribution in [2.75, 3.05) is 0 Å². The van der Waals surface area contributed by atoms with E-state index in [9.17, 15) is 0 Å². The van der Waals surface area contributed by atoms with E-state index < -0.39 is 0 Å². The second-order valence-corrected chi connectivity index (χ2v) is 12.0. The lowest BCUT2D eigenvalue weighted by Crippen LogP contribution is -2.17. The monoisotopic (exact) mass is 538 g/mol. The summed E-state index contributed by atoms with van der Waals surface area (Å²) in [6.45, 7) is 19.9. The first-order chi connectivity index (χ1) is 19.7. The van der Waals surface area contributed by atoms with Crippen molar-refractivity contribution >= 4 is 16.7 Å². The predicted octanol–water partition coefficient (Wildman–Crippen LogP) is 11.7. The minimum Gasteiger partial charge on any atom is -0.0915 e. The van der Waals surface area contributed by atoms with Crippen LogP contribution in [0, 0.1) is 11.3 Å². The van der Waals surface area contributed by atoms with Crippen LogP contribution >= 0.6 is 0 Å². The van der Waals surface area contributed by atoms with Crippen LogP contribution < -0.4 is 0 Å². The summed E-state index contributed by atoms with van der Waals surface area (Å²) in [6, 6.07) is 18.1. The van der Waals surface area contributed by atoms with Gasteiger partial charge >= 0.3 is 0 Å². The van der Waals surface area contributed by atoms with E-state index in [4.69, 9.17) is 0 Å². The molecule has 210 valence electrons. The number of rotatable bonds is 7. The van der Waals surface area contributed by atoms with Gasteiger partial charge in [0.1, 0.15) is 0 Å². The fraction of sp³-hybridized carbons (Fsp3) is 0.268. The standard InChI is InChI=1S/C41H46/c1-9-15-30(12-4)31-20-22-34(23-21-31)39-27-37(29(5)26-35(17-11-3)41(6,7)8)38-28-40(39)36-19-14-13-18-33(36)25-24-32(38)16-10-2/h9-24,26-27,38H,5,25,28H2,1-4,6-8H3/b15-9-,16-10?,17-11-,30-12+,32-24+,35-26+. The average Bonchev–Trinajstić information content (AvgIpc) is 2.96. The van der Waals surface area contributed by atoms with E-state index in [0.717, 1.165) is 18.4 Å². The van der Waals surface area contributed by atoms with Crippen molar-refractivity contribution in [3.8, 4) is 0 Å². The lowest BCUT2D eigenvalue weighted by molar-refractivity contribution is 0.516. The second-order valence-electron chi connectivity index (χ2n) is 12.0. The van der Waals surface area contributed by atoms with Crippen molar-refractivity contribution in [3.05, 3.63) is 160 Å². The molecule has 2 bridgehead atoms. The highest BCUT2D eigenvalue weighted by Crippen LogP contribution is 2.47. The van der Waals surface area contributed by atoms with Gasteiger partial charge in [-0.2, -0.15) is 0 Å². The Hall–Kier alpha value is -3.90. The molecule has 2 aliphatic carbocycles.